The Morgan fingerprint density at radius 2 is 2.10 bits per heavy atom. The van der Waals surface area contributed by atoms with Gasteiger partial charge in [-0.25, -0.2) is 0 Å². The first-order valence-electron chi connectivity index (χ1n) is 10.5. The fourth-order valence-corrected chi connectivity index (χ4v) is 4.41. The van der Waals surface area contributed by atoms with Gasteiger partial charge >= 0.3 is 6.01 Å². The highest BCUT2D eigenvalue weighted by Crippen LogP contribution is 2.23. The molecule has 30 heavy (non-hydrogen) atoms. The number of aromatic nitrogens is 2. The zero-order valence-corrected chi connectivity index (χ0v) is 18.3. The highest BCUT2D eigenvalue weighted by molar-refractivity contribution is 7.99. The third kappa shape index (κ3) is 6.17. The van der Waals surface area contributed by atoms with E-state index in [1.54, 1.807) is 0 Å². The molecule has 3 heterocycles. The lowest BCUT2D eigenvalue weighted by atomic mass is 10.1. The Kier molecular flexibility index (Phi) is 7.55. The van der Waals surface area contributed by atoms with Gasteiger partial charge < -0.3 is 14.4 Å². The lowest BCUT2D eigenvalue weighted by Crippen LogP contribution is -2.38. The number of thioether (sulfide) groups is 1. The van der Waals surface area contributed by atoms with Gasteiger partial charge in [0.1, 0.15) is 12.4 Å². The summed E-state index contributed by atoms with van der Waals surface area (Å²) >= 11 is 1.92. The van der Waals surface area contributed by atoms with E-state index in [2.05, 4.69) is 49.9 Å². The van der Waals surface area contributed by atoms with Gasteiger partial charge in [0.05, 0.1) is 31.3 Å². The number of aryl methyl sites for hydroxylation is 1. The van der Waals surface area contributed by atoms with Crippen LogP contribution in [0.4, 0.5) is 5.82 Å². The molecule has 0 radical (unpaired) electrons. The second-order valence-electron chi connectivity index (χ2n) is 7.49. The van der Waals surface area contributed by atoms with Crippen molar-refractivity contribution in [2.45, 2.75) is 13.5 Å². The molecular formula is C22H29N5O2S. The summed E-state index contributed by atoms with van der Waals surface area (Å²) in [7, 11) is 0. The van der Waals surface area contributed by atoms with Crippen LogP contribution in [-0.4, -0.2) is 78.7 Å². The molecule has 0 aliphatic carbocycles. The van der Waals surface area contributed by atoms with Gasteiger partial charge in [-0.15, -0.1) is 11.8 Å². The molecule has 1 aromatic carbocycles. The lowest BCUT2D eigenvalue weighted by Gasteiger charge is -2.26. The van der Waals surface area contributed by atoms with Gasteiger partial charge in [0.15, 0.2) is 0 Å². The molecule has 0 N–H and O–H groups in total. The van der Waals surface area contributed by atoms with Crippen LogP contribution in [0.5, 0.6) is 6.01 Å². The second kappa shape index (κ2) is 10.7. The first-order chi connectivity index (χ1) is 14.8. The van der Waals surface area contributed by atoms with Crippen LogP contribution in [0.25, 0.3) is 0 Å². The predicted octanol–water partition coefficient (Wildman–Crippen LogP) is 2.63. The second-order valence-corrected chi connectivity index (χ2v) is 8.56. The Morgan fingerprint density at radius 3 is 2.90 bits per heavy atom. The Morgan fingerprint density at radius 1 is 1.20 bits per heavy atom. The monoisotopic (exact) mass is 427 g/mol. The first kappa shape index (κ1) is 21.1. The van der Waals surface area contributed by atoms with Gasteiger partial charge in [0, 0.05) is 44.2 Å². The van der Waals surface area contributed by atoms with Crippen LogP contribution >= 0.6 is 11.8 Å². The summed E-state index contributed by atoms with van der Waals surface area (Å²) in [6.45, 7) is 8.52. The average Bonchev–Trinajstić information content (AvgIpc) is 3.30. The maximum atomic E-state index is 5.94. The average molecular weight is 428 g/mol. The molecule has 160 valence electrons. The van der Waals surface area contributed by atoms with E-state index in [0.29, 0.717) is 19.2 Å². The number of hydrogen-bond acceptors (Lipinski definition) is 8. The van der Waals surface area contributed by atoms with E-state index in [-0.39, 0.29) is 0 Å². The standard InChI is InChI=1S/C22H29N5O2S/c1-18-3-2-4-19(13-18)15-23-16-20-14-21(27-8-12-30-17-27)25-22(24-20)29-11-7-26-5-9-28-10-6-26/h2-4,13-15H,5-12,16-17H2,1H3. The molecule has 1 aromatic heterocycles. The van der Waals surface area contributed by atoms with E-state index in [9.17, 15) is 0 Å². The minimum atomic E-state index is 0.443. The Labute approximate surface area is 182 Å². The van der Waals surface area contributed by atoms with E-state index < -0.39 is 0 Å². The highest BCUT2D eigenvalue weighted by Gasteiger charge is 2.17. The number of aliphatic imine (C=N–C) groups is 1. The maximum absolute atomic E-state index is 5.94. The van der Waals surface area contributed by atoms with Crippen molar-refractivity contribution in [3.05, 3.63) is 47.2 Å². The number of morpholine rings is 1. The quantitative estimate of drug-likeness (QED) is 0.600. The fourth-order valence-electron chi connectivity index (χ4n) is 3.45. The van der Waals surface area contributed by atoms with Gasteiger partial charge in [-0.3, -0.25) is 9.89 Å². The molecule has 7 nitrogen and oxygen atoms in total. The fraction of sp³-hybridized carbons (Fsp3) is 0.500. The van der Waals surface area contributed by atoms with Crippen LogP contribution in [-0.2, 0) is 11.3 Å². The van der Waals surface area contributed by atoms with Gasteiger partial charge in [0.25, 0.3) is 0 Å². The SMILES string of the molecule is Cc1cccc(C=NCc2cc(N3CCSC3)nc(OCCN3CCOCC3)n2)c1. The van der Waals surface area contributed by atoms with Gasteiger partial charge in [0.2, 0.25) is 0 Å². The van der Waals surface area contributed by atoms with Crippen LogP contribution in [0.1, 0.15) is 16.8 Å². The molecule has 8 heteroatoms. The number of rotatable bonds is 8. The van der Waals surface area contributed by atoms with Crippen molar-refractivity contribution in [1.29, 1.82) is 0 Å². The molecular weight excluding hydrogens is 398 g/mol. The topological polar surface area (TPSA) is 63.1 Å². The van der Waals surface area contributed by atoms with Crippen molar-refractivity contribution in [1.82, 2.24) is 14.9 Å². The smallest absolute Gasteiger partial charge is 0.318 e. The van der Waals surface area contributed by atoms with Crippen molar-refractivity contribution < 1.29 is 9.47 Å². The Balaban J connectivity index is 1.41. The van der Waals surface area contributed by atoms with E-state index in [4.69, 9.17) is 9.47 Å². The normalized spacial score (nSPS) is 17.7. The van der Waals surface area contributed by atoms with Crippen molar-refractivity contribution in [2.75, 3.05) is 62.5 Å². The molecule has 0 unspecified atom stereocenters. The molecule has 0 saturated carbocycles. The molecule has 0 amide bonds. The van der Waals surface area contributed by atoms with Crippen LogP contribution in [0.2, 0.25) is 0 Å². The molecule has 2 aliphatic rings. The number of ether oxygens (including phenoxy) is 2. The lowest BCUT2D eigenvalue weighted by molar-refractivity contribution is 0.0317. The summed E-state index contributed by atoms with van der Waals surface area (Å²) in [5.41, 5.74) is 3.20. The summed E-state index contributed by atoms with van der Waals surface area (Å²) < 4.78 is 11.3. The maximum Gasteiger partial charge on any atom is 0.318 e. The minimum absolute atomic E-state index is 0.443. The van der Waals surface area contributed by atoms with Gasteiger partial charge in [-0.1, -0.05) is 29.8 Å². The predicted molar refractivity (Wildman–Crippen MR) is 122 cm³/mol. The van der Waals surface area contributed by atoms with E-state index in [0.717, 1.165) is 68.1 Å². The summed E-state index contributed by atoms with van der Waals surface area (Å²) in [4.78, 5) is 18.5. The van der Waals surface area contributed by atoms with Crippen molar-refractivity contribution >= 4 is 23.8 Å². The Hall–Kier alpha value is -2.16. The molecule has 2 aliphatic heterocycles. The molecule has 0 bridgehead atoms. The zero-order valence-electron chi connectivity index (χ0n) is 17.5. The zero-order chi connectivity index (χ0) is 20.6. The highest BCUT2D eigenvalue weighted by atomic mass is 32.2. The summed E-state index contributed by atoms with van der Waals surface area (Å²) in [5, 5.41) is 0. The van der Waals surface area contributed by atoms with Crippen LogP contribution in [0.3, 0.4) is 0 Å². The molecule has 4 rings (SSSR count). The molecule has 2 saturated heterocycles. The minimum Gasteiger partial charge on any atom is -0.462 e. The van der Waals surface area contributed by atoms with E-state index in [1.165, 1.54) is 5.56 Å². The molecule has 0 atom stereocenters. The van der Waals surface area contributed by atoms with Crippen LogP contribution < -0.4 is 9.64 Å². The third-order valence-corrected chi connectivity index (χ3v) is 6.07. The van der Waals surface area contributed by atoms with Crippen molar-refractivity contribution in [3.8, 4) is 6.01 Å². The largest absolute Gasteiger partial charge is 0.462 e. The summed E-state index contributed by atoms with van der Waals surface area (Å²) in [5.74, 6) is 3.01. The Bertz CT molecular complexity index is 851. The van der Waals surface area contributed by atoms with E-state index in [1.807, 2.05) is 30.1 Å². The van der Waals surface area contributed by atoms with Gasteiger partial charge in [-0.05, 0) is 12.5 Å². The summed E-state index contributed by atoms with van der Waals surface area (Å²) in [6, 6.07) is 10.8. The number of benzene rings is 1. The van der Waals surface area contributed by atoms with Crippen LogP contribution in [0.15, 0.2) is 35.3 Å². The van der Waals surface area contributed by atoms with Crippen LogP contribution in [0, 0.1) is 6.92 Å². The van der Waals surface area contributed by atoms with E-state index >= 15 is 0 Å². The van der Waals surface area contributed by atoms with Gasteiger partial charge in [-0.2, -0.15) is 9.97 Å². The number of anilines is 1. The summed E-state index contributed by atoms with van der Waals surface area (Å²) in [6.07, 6.45) is 1.90. The van der Waals surface area contributed by atoms with Crippen molar-refractivity contribution in [3.63, 3.8) is 0 Å². The van der Waals surface area contributed by atoms with Crippen molar-refractivity contribution in [2.24, 2.45) is 4.99 Å². The molecule has 2 fully saturated rings. The number of nitrogens with zero attached hydrogens (tertiary/aromatic N) is 5. The first-order valence-corrected chi connectivity index (χ1v) is 11.6. The number of hydrogen-bond donors (Lipinski definition) is 0. The third-order valence-electron chi connectivity index (χ3n) is 5.10. The molecule has 2 aromatic rings. The molecule has 0 spiro atoms.